The van der Waals surface area contributed by atoms with Gasteiger partial charge in [-0.05, 0) is 37.1 Å². The van der Waals surface area contributed by atoms with Crippen LogP contribution in [0.25, 0.3) is 0 Å². The molecule has 5 N–H and O–H groups in total. The topological polar surface area (TPSA) is 170 Å². The molecule has 31 heavy (non-hydrogen) atoms. The fourth-order valence-electron chi connectivity index (χ4n) is 3.35. The van der Waals surface area contributed by atoms with Crippen LogP contribution in [0.1, 0.15) is 28.8 Å². The Kier molecular flexibility index (Phi) is 8.50. The van der Waals surface area contributed by atoms with Crippen molar-refractivity contribution in [3.63, 3.8) is 0 Å². The van der Waals surface area contributed by atoms with Gasteiger partial charge in [0, 0.05) is 25.1 Å². The number of hydrogen-bond donors (Lipinski definition) is 4. The minimum atomic E-state index is -1.20. The lowest BCUT2D eigenvalue weighted by Crippen LogP contribution is -2.60. The molecule has 1 heterocycles. The molecule has 0 unspecified atom stereocenters. The molecular weight excluding hydrogens is 408 g/mol. The summed E-state index contributed by atoms with van der Waals surface area (Å²) in [5.74, 6) is -3.97. The molecule has 11 heteroatoms. The van der Waals surface area contributed by atoms with E-state index in [0.29, 0.717) is 18.5 Å². The molecule has 0 radical (unpaired) electrons. The van der Waals surface area contributed by atoms with Crippen molar-refractivity contribution in [2.45, 2.75) is 25.3 Å². The molecule has 1 aromatic rings. The standard InChI is InChI=1S/C20H26N4O7/c21-8-7-13-1-3-14(4-2-13)19(30)22-11-16(25)24-10-9-23(12-18(28)29)20(31)15(24)5-6-17(26)27/h1-4,15H,5-12,21H2,(H,22,30)(H,26,27)(H,28,29)/t15-/m0/s1. The lowest BCUT2D eigenvalue weighted by atomic mass is 10.0. The fraction of sp³-hybridized carbons (Fsp3) is 0.450. The molecule has 0 aliphatic carbocycles. The fourth-order valence-corrected chi connectivity index (χ4v) is 3.35. The summed E-state index contributed by atoms with van der Waals surface area (Å²) >= 11 is 0. The molecule has 1 saturated heterocycles. The minimum Gasteiger partial charge on any atom is -0.481 e. The average Bonchev–Trinajstić information content (AvgIpc) is 2.72. The second-order valence-corrected chi connectivity index (χ2v) is 7.11. The maximum absolute atomic E-state index is 12.7. The number of carbonyl (C=O) groups is 5. The highest BCUT2D eigenvalue weighted by molar-refractivity contribution is 5.97. The summed E-state index contributed by atoms with van der Waals surface area (Å²) in [4.78, 5) is 61.8. The number of benzene rings is 1. The zero-order chi connectivity index (χ0) is 23.0. The first-order valence-electron chi connectivity index (χ1n) is 9.82. The second-order valence-electron chi connectivity index (χ2n) is 7.11. The molecule has 11 nitrogen and oxygen atoms in total. The summed E-state index contributed by atoms with van der Waals surface area (Å²) < 4.78 is 0. The summed E-state index contributed by atoms with van der Waals surface area (Å²) in [7, 11) is 0. The van der Waals surface area contributed by atoms with Crippen LogP contribution in [-0.2, 0) is 25.6 Å². The van der Waals surface area contributed by atoms with E-state index in [0.717, 1.165) is 10.5 Å². The third-order valence-corrected chi connectivity index (χ3v) is 4.91. The number of rotatable bonds is 10. The number of aliphatic carboxylic acids is 2. The van der Waals surface area contributed by atoms with Gasteiger partial charge in [0.05, 0.1) is 6.54 Å². The van der Waals surface area contributed by atoms with Crippen LogP contribution in [0.4, 0.5) is 0 Å². The molecule has 3 amide bonds. The number of piperazine rings is 1. The lowest BCUT2D eigenvalue weighted by Gasteiger charge is -2.40. The molecule has 0 spiro atoms. The van der Waals surface area contributed by atoms with E-state index in [2.05, 4.69) is 5.32 Å². The van der Waals surface area contributed by atoms with Crippen molar-refractivity contribution in [1.82, 2.24) is 15.1 Å². The van der Waals surface area contributed by atoms with Gasteiger partial charge in [-0.1, -0.05) is 12.1 Å². The predicted molar refractivity (Wildman–Crippen MR) is 108 cm³/mol. The van der Waals surface area contributed by atoms with Crippen LogP contribution in [0.15, 0.2) is 24.3 Å². The van der Waals surface area contributed by atoms with E-state index in [4.69, 9.17) is 15.9 Å². The summed E-state index contributed by atoms with van der Waals surface area (Å²) in [6.07, 6.45) is 0.176. The number of hydrogen-bond acceptors (Lipinski definition) is 6. The van der Waals surface area contributed by atoms with Gasteiger partial charge in [-0.15, -0.1) is 0 Å². The molecule has 2 rings (SSSR count). The Morgan fingerprint density at radius 3 is 2.32 bits per heavy atom. The van der Waals surface area contributed by atoms with E-state index >= 15 is 0 Å². The number of nitrogens with zero attached hydrogens (tertiary/aromatic N) is 2. The van der Waals surface area contributed by atoms with E-state index in [-0.39, 0.29) is 32.5 Å². The van der Waals surface area contributed by atoms with Gasteiger partial charge in [0.15, 0.2) is 0 Å². The van der Waals surface area contributed by atoms with Crippen LogP contribution in [0, 0.1) is 0 Å². The Morgan fingerprint density at radius 1 is 1.06 bits per heavy atom. The molecule has 1 atom stereocenters. The molecule has 0 aromatic heterocycles. The van der Waals surface area contributed by atoms with Crippen LogP contribution >= 0.6 is 0 Å². The maximum atomic E-state index is 12.7. The highest BCUT2D eigenvalue weighted by Gasteiger charge is 2.38. The molecule has 1 aliphatic heterocycles. The van der Waals surface area contributed by atoms with Gasteiger partial charge in [0.25, 0.3) is 5.91 Å². The molecule has 1 fully saturated rings. The number of amides is 3. The van der Waals surface area contributed by atoms with E-state index in [1.807, 2.05) is 0 Å². The quantitative estimate of drug-likeness (QED) is 0.360. The van der Waals surface area contributed by atoms with Crippen LogP contribution in [0.2, 0.25) is 0 Å². The van der Waals surface area contributed by atoms with Gasteiger partial charge in [0.1, 0.15) is 12.6 Å². The van der Waals surface area contributed by atoms with E-state index in [1.165, 1.54) is 4.90 Å². The summed E-state index contributed by atoms with van der Waals surface area (Å²) in [6, 6.07) is 5.69. The van der Waals surface area contributed by atoms with E-state index in [9.17, 15) is 24.0 Å². The first-order valence-corrected chi connectivity index (χ1v) is 9.82. The molecule has 1 aromatic carbocycles. The Balaban J connectivity index is 2.01. The Hall–Kier alpha value is -3.47. The van der Waals surface area contributed by atoms with Gasteiger partial charge in [-0.3, -0.25) is 24.0 Å². The van der Waals surface area contributed by atoms with Crippen molar-refractivity contribution in [3.05, 3.63) is 35.4 Å². The molecule has 168 valence electrons. The van der Waals surface area contributed by atoms with Crippen LogP contribution in [0.5, 0.6) is 0 Å². The van der Waals surface area contributed by atoms with E-state index in [1.54, 1.807) is 24.3 Å². The monoisotopic (exact) mass is 434 g/mol. The van der Waals surface area contributed by atoms with Crippen LogP contribution in [0.3, 0.4) is 0 Å². The highest BCUT2D eigenvalue weighted by Crippen LogP contribution is 2.17. The van der Waals surface area contributed by atoms with Crippen LogP contribution in [-0.4, -0.2) is 88.4 Å². The number of carbonyl (C=O) groups excluding carboxylic acids is 3. The second kappa shape index (κ2) is 11.1. The zero-order valence-corrected chi connectivity index (χ0v) is 17.0. The SMILES string of the molecule is NCCc1ccc(C(=O)NCC(=O)N2CCN(CC(=O)O)C(=O)[C@@H]2CCC(=O)O)cc1. The van der Waals surface area contributed by atoms with Gasteiger partial charge in [0.2, 0.25) is 11.8 Å². The normalized spacial score (nSPS) is 16.2. The molecule has 1 aliphatic rings. The molecule has 0 bridgehead atoms. The Bertz CT molecular complexity index is 840. The third kappa shape index (κ3) is 6.78. The first kappa shape index (κ1) is 23.8. The van der Waals surface area contributed by atoms with Crippen molar-refractivity contribution in [3.8, 4) is 0 Å². The molecular formula is C20H26N4O7. The van der Waals surface area contributed by atoms with Crippen molar-refractivity contribution in [1.29, 1.82) is 0 Å². The number of nitrogens with one attached hydrogen (secondary N) is 1. The third-order valence-electron chi connectivity index (χ3n) is 4.91. The average molecular weight is 434 g/mol. The maximum Gasteiger partial charge on any atom is 0.323 e. The zero-order valence-electron chi connectivity index (χ0n) is 17.0. The summed E-state index contributed by atoms with van der Waals surface area (Å²) in [5, 5.41) is 20.4. The van der Waals surface area contributed by atoms with Crippen molar-refractivity contribution in [2.24, 2.45) is 5.73 Å². The Morgan fingerprint density at radius 2 is 1.74 bits per heavy atom. The number of nitrogens with two attached hydrogens (primary N) is 1. The van der Waals surface area contributed by atoms with Crippen molar-refractivity contribution in [2.75, 3.05) is 32.7 Å². The van der Waals surface area contributed by atoms with Gasteiger partial charge in [-0.2, -0.15) is 0 Å². The number of carboxylic acids is 2. The highest BCUT2D eigenvalue weighted by atomic mass is 16.4. The summed E-state index contributed by atoms with van der Waals surface area (Å²) in [5.41, 5.74) is 6.83. The smallest absolute Gasteiger partial charge is 0.323 e. The van der Waals surface area contributed by atoms with E-state index < -0.39 is 42.2 Å². The summed E-state index contributed by atoms with van der Waals surface area (Å²) in [6.45, 7) is -0.356. The van der Waals surface area contributed by atoms with Crippen molar-refractivity contribution >= 4 is 29.7 Å². The van der Waals surface area contributed by atoms with Gasteiger partial charge in [-0.25, -0.2) is 0 Å². The first-order chi connectivity index (χ1) is 14.7. The largest absolute Gasteiger partial charge is 0.481 e. The van der Waals surface area contributed by atoms with Gasteiger partial charge >= 0.3 is 11.9 Å². The lowest BCUT2D eigenvalue weighted by molar-refractivity contribution is -0.156. The Labute approximate surface area is 178 Å². The number of carboxylic acid groups (broad SMARTS) is 2. The van der Waals surface area contributed by atoms with Gasteiger partial charge < -0.3 is 31.1 Å². The van der Waals surface area contributed by atoms with Crippen LogP contribution < -0.4 is 11.1 Å². The van der Waals surface area contributed by atoms with Crippen molar-refractivity contribution < 1.29 is 34.2 Å². The minimum absolute atomic E-state index is 0.0109. The predicted octanol–water partition coefficient (Wildman–Crippen LogP) is -1.09. The molecule has 0 saturated carbocycles.